The van der Waals surface area contributed by atoms with Gasteiger partial charge in [0.2, 0.25) is 5.88 Å². The molecule has 31 heavy (non-hydrogen) atoms. The molecule has 1 aliphatic heterocycles. The number of ether oxygens (including phenoxy) is 3. The highest BCUT2D eigenvalue weighted by atomic mass is 19.4. The predicted molar refractivity (Wildman–Crippen MR) is 106 cm³/mol. The molecule has 1 saturated heterocycles. The van der Waals surface area contributed by atoms with Gasteiger partial charge >= 0.3 is 12.3 Å². The van der Waals surface area contributed by atoms with Gasteiger partial charge < -0.3 is 19.1 Å². The maximum absolute atomic E-state index is 12.7. The normalized spacial score (nSPS) is 19.4. The number of hydrogen-bond donors (Lipinski definition) is 0. The van der Waals surface area contributed by atoms with Gasteiger partial charge in [-0.2, -0.15) is 13.2 Å². The van der Waals surface area contributed by atoms with E-state index in [0.717, 1.165) is 12.1 Å². The van der Waals surface area contributed by atoms with Crippen molar-refractivity contribution < 1.29 is 32.2 Å². The third kappa shape index (κ3) is 6.58. The summed E-state index contributed by atoms with van der Waals surface area (Å²) in [4.78, 5) is 18.1. The second-order valence-electron chi connectivity index (χ2n) is 8.25. The molecule has 0 N–H and O–H groups in total. The van der Waals surface area contributed by atoms with Crippen molar-refractivity contribution in [3.8, 4) is 5.88 Å². The number of halogens is 3. The number of carbonyl (C=O) groups excluding carboxylic acids is 1. The van der Waals surface area contributed by atoms with Gasteiger partial charge in [-0.05, 0) is 44.5 Å². The molecule has 1 amide bonds. The van der Waals surface area contributed by atoms with Crippen LogP contribution in [0.25, 0.3) is 0 Å². The number of benzene rings is 1. The number of rotatable bonds is 5. The fourth-order valence-electron chi connectivity index (χ4n) is 3.06. The minimum atomic E-state index is -4.39. The SMILES string of the molecule is CC(C)(C)OC(=O)N1C[C@@H](OCc2ccc(C(F)(F)F)cc2)[C@H](Oc2ccccn2)C1. The van der Waals surface area contributed by atoms with Gasteiger partial charge in [0.15, 0.2) is 0 Å². The van der Waals surface area contributed by atoms with Crippen molar-refractivity contribution in [3.05, 3.63) is 59.8 Å². The Morgan fingerprint density at radius 2 is 1.74 bits per heavy atom. The first-order valence-electron chi connectivity index (χ1n) is 9.84. The van der Waals surface area contributed by atoms with Gasteiger partial charge in [0.1, 0.15) is 17.8 Å². The molecule has 168 valence electrons. The zero-order chi connectivity index (χ0) is 22.6. The number of alkyl halides is 3. The summed E-state index contributed by atoms with van der Waals surface area (Å²) >= 11 is 0. The van der Waals surface area contributed by atoms with Crippen molar-refractivity contribution in [1.82, 2.24) is 9.88 Å². The predicted octanol–water partition coefficient (Wildman–Crippen LogP) is 4.68. The van der Waals surface area contributed by atoms with Crippen LogP contribution in [0, 0.1) is 0 Å². The molecule has 0 aliphatic carbocycles. The van der Waals surface area contributed by atoms with Crippen molar-refractivity contribution in [1.29, 1.82) is 0 Å². The molecule has 0 bridgehead atoms. The van der Waals surface area contributed by atoms with Gasteiger partial charge in [-0.1, -0.05) is 18.2 Å². The summed E-state index contributed by atoms with van der Waals surface area (Å²) in [7, 11) is 0. The van der Waals surface area contributed by atoms with E-state index >= 15 is 0 Å². The van der Waals surface area contributed by atoms with Crippen LogP contribution in [0.4, 0.5) is 18.0 Å². The Morgan fingerprint density at radius 1 is 1.06 bits per heavy atom. The van der Waals surface area contributed by atoms with Crippen molar-refractivity contribution >= 4 is 6.09 Å². The zero-order valence-electron chi connectivity index (χ0n) is 17.6. The average Bonchev–Trinajstić information content (AvgIpc) is 3.08. The fraction of sp³-hybridized carbons (Fsp3) is 0.455. The molecule has 9 heteroatoms. The molecule has 1 fully saturated rings. The first-order chi connectivity index (χ1) is 14.5. The first-order valence-corrected chi connectivity index (χ1v) is 9.84. The van der Waals surface area contributed by atoms with Crippen LogP contribution in [0.5, 0.6) is 5.88 Å². The lowest BCUT2D eigenvalue weighted by atomic mass is 10.1. The second-order valence-corrected chi connectivity index (χ2v) is 8.25. The summed E-state index contributed by atoms with van der Waals surface area (Å²) in [6.45, 7) is 5.88. The summed E-state index contributed by atoms with van der Waals surface area (Å²) in [5.74, 6) is 0.390. The van der Waals surface area contributed by atoms with E-state index in [9.17, 15) is 18.0 Å². The minimum Gasteiger partial charge on any atom is -0.470 e. The summed E-state index contributed by atoms with van der Waals surface area (Å²) in [5, 5.41) is 0. The second kappa shape index (κ2) is 9.13. The number of amides is 1. The highest BCUT2D eigenvalue weighted by Crippen LogP contribution is 2.29. The van der Waals surface area contributed by atoms with Crippen LogP contribution in [-0.4, -0.2) is 46.9 Å². The number of aromatic nitrogens is 1. The smallest absolute Gasteiger partial charge is 0.416 e. The summed E-state index contributed by atoms with van der Waals surface area (Å²) in [6, 6.07) is 10.0. The first kappa shape index (κ1) is 22.9. The molecular weight excluding hydrogens is 413 g/mol. The molecule has 0 spiro atoms. The molecule has 2 aromatic rings. The molecule has 1 aromatic heterocycles. The Labute approximate surface area is 178 Å². The number of carbonyl (C=O) groups is 1. The minimum absolute atomic E-state index is 0.0764. The van der Waals surface area contributed by atoms with Crippen molar-refractivity contribution in [3.63, 3.8) is 0 Å². The zero-order valence-corrected chi connectivity index (χ0v) is 17.6. The Hall–Kier alpha value is -2.81. The van der Waals surface area contributed by atoms with Crippen molar-refractivity contribution in [2.45, 2.75) is 51.4 Å². The van der Waals surface area contributed by atoms with Crippen LogP contribution < -0.4 is 4.74 Å². The van der Waals surface area contributed by atoms with E-state index in [0.29, 0.717) is 11.4 Å². The highest BCUT2D eigenvalue weighted by Gasteiger charge is 2.39. The third-order valence-electron chi connectivity index (χ3n) is 4.52. The van der Waals surface area contributed by atoms with Gasteiger partial charge in [0, 0.05) is 12.3 Å². The van der Waals surface area contributed by atoms with E-state index in [4.69, 9.17) is 14.2 Å². The van der Waals surface area contributed by atoms with E-state index in [1.165, 1.54) is 17.0 Å². The van der Waals surface area contributed by atoms with Gasteiger partial charge in [-0.25, -0.2) is 9.78 Å². The number of pyridine rings is 1. The molecule has 0 saturated carbocycles. The van der Waals surface area contributed by atoms with Crippen molar-refractivity contribution in [2.24, 2.45) is 0 Å². The van der Waals surface area contributed by atoms with Crippen LogP contribution in [0.2, 0.25) is 0 Å². The van der Waals surface area contributed by atoms with Crippen LogP contribution in [0.15, 0.2) is 48.7 Å². The molecule has 2 atom stereocenters. The molecule has 6 nitrogen and oxygen atoms in total. The van der Waals surface area contributed by atoms with E-state index in [-0.39, 0.29) is 19.7 Å². The van der Waals surface area contributed by atoms with Crippen molar-refractivity contribution in [2.75, 3.05) is 13.1 Å². The molecule has 0 radical (unpaired) electrons. The summed E-state index contributed by atoms with van der Waals surface area (Å²) in [6.07, 6.45) is -4.29. The topological polar surface area (TPSA) is 60.9 Å². The maximum Gasteiger partial charge on any atom is 0.416 e. The number of nitrogens with zero attached hydrogens (tertiary/aromatic N) is 2. The van der Waals surface area contributed by atoms with E-state index in [1.54, 1.807) is 45.2 Å². The van der Waals surface area contributed by atoms with Gasteiger partial charge in [-0.3, -0.25) is 0 Å². The number of likely N-dealkylation sites (tertiary alicyclic amines) is 1. The molecule has 3 rings (SSSR count). The average molecular weight is 438 g/mol. The van der Waals surface area contributed by atoms with E-state index < -0.39 is 35.6 Å². The van der Waals surface area contributed by atoms with Crippen LogP contribution in [-0.2, 0) is 22.3 Å². The maximum atomic E-state index is 12.7. The van der Waals surface area contributed by atoms with E-state index in [1.807, 2.05) is 0 Å². The lowest BCUT2D eigenvalue weighted by Gasteiger charge is -2.24. The Kier molecular flexibility index (Phi) is 6.74. The molecule has 2 heterocycles. The van der Waals surface area contributed by atoms with Crippen LogP contribution in [0.1, 0.15) is 31.9 Å². The molecule has 1 aliphatic rings. The highest BCUT2D eigenvalue weighted by molar-refractivity contribution is 5.68. The van der Waals surface area contributed by atoms with Gasteiger partial charge in [-0.15, -0.1) is 0 Å². The lowest BCUT2D eigenvalue weighted by Crippen LogP contribution is -2.36. The molecule has 0 unspecified atom stereocenters. The largest absolute Gasteiger partial charge is 0.470 e. The summed E-state index contributed by atoms with van der Waals surface area (Å²) in [5.41, 5.74) is -0.780. The quantitative estimate of drug-likeness (QED) is 0.678. The monoisotopic (exact) mass is 438 g/mol. The van der Waals surface area contributed by atoms with E-state index in [2.05, 4.69) is 4.98 Å². The standard InChI is InChI=1S/C22H25F3N2O4/c1-21(2,3)31-20(28)27-12-17(18(13-27)30-19-6-4-5-11-26-19)29-14-15-7-9-16(10-8-15)22(23,24)25/h4-11,17-18H,12-14H2,1-3H3/t17-,18-/m1/s1. The Balaban J connectivity index is 1.67. The molecule has 1 aromatic carbocycles. The summed E-state index contributed by atoms with van der Waals surface area (Å²) < 4.78 is 55.5. The Bertz CT molecular complexity index is 867. The van der Waals surface area contributed by atoms with Gasteiger partial charge in [0.25, 0.3) is 0 Å². The Morgan fingerprint density at radius 3 is 2.32 bits per heavy atom. The third-order valence-corrected chi connectivity index (χ3v) is 4.52. The van der Waals surface area contributed by atoms with Gasteiger partial charge in [0.05, 0.1) is 25.3 Å². The number of hydrogen-bond acceptors (Lipinski definition) is 5. The fourth-order valence-corrected chi connectivity index (χ4v) is 3.06. The van der Waals surface area contributed by atoms with Crippen LogP contribution in [0.3, 0.4) is 0 Å². The molecular formula is C22H25F3N2O4. The lowest BCUT2D eigenvalue weighted by molar-refractivity contribution is -0.137. The van der Waals surface area contributed by atoms with Crippen LogP contribution >= 0.6 is 0 Å².